The third-order valence-electron chi connectivity index (χ3n) is 3.34. The van der Waals surface area contributed by atoms with Gasteiger partial charge in [-0.2, -0.15) is 0 Å². The lowest BCUT2D eigenvalue weighted by atomic mass is 9.83. The van der Waals surface area contributed by atoms with E-state index in [0.717, 1.165) is 23.3 Å². The molecule has 2 heteroatoms. The molecule has 0 N–H and O–H groups in total. The quantitative estimate of drug-likeness (QED) is 0.694. The summed E-state index contributed by atoms with van der Waals surface area (Å²) in [6.07, 6.45) is 5.52. The van der Waals surface area contributed by atoms with Crippen molar-refractivity contribution in [3.8, 4) is 0 Å². The van der Waals surface area contributed by atoms with Crippen LogP contribution in [0.2, 0.25) is 0 Å². The molecule has 2 rings (SSSR count). The standard InChI is InChI=1S/C14H17NO/c1-10(2)12-8-13(11(3)14(16)9-12)15-6-4-5-7-15/h4-7,12H,1,8-9H2,2-3H3. The molecule has 1 aromatic heterocycles. The van der Waals surface area contributed by atoms with Crippen molar-refractivity contribution in [2.45, 2.75) is 26.7 Å². The molecule has 2 nitrogen and oxygen atoms in total. The number of ketones is 1. The van der Waals surface area contributed by atoms with Gasteiger partial charge >= 0.3 is 0 Å². The van der Waals surface area contributed by atoms with Crippen molar-refractivity contribution in [3.63, 3.8) is 0 Å². The first kappa shape index (κ1) is 10.9. The average Bonchev–Trinajstić information content (AvgIpc) is 2.74. The van der Waals surface area contributed by atoms with Gasteiger partial charge < -0.3 is 4.57 Å². The lowest BCUT2D eigenvalue weighted by Crippen LogP contribution is -2.20. The van der Waals surface area contributed by atoms with Gasteiger partial charge in [0.2, 0.25) is 0 Å². The van der Waals surface area contributed by atoms with Gasteiger partial charge in [-0.25, -0.2) is 0 Å². The summed E-state index contributed by atoms with van der Waals surface area (Å²) in [5.74, 6) is 0.552. The summed E-state index contributed by atoms with van der Waals surface area (Å²) in [5.41, 5.74) is 3.12. The van der Waals surface area contributed by atoms with E-state index in [1.165, 1.54) is 0 Å². The Balaban J connectivity index is 2.38. The SMILES string of the molecule is C=C(C)C1CC(=O)C(C)=C(n2cccc2)C1. The van der Waals surface area contributed by atoms with Crippen molar-refractivity contribution >= 4 is 11.5 Å². The molecular weight excluding hydrogens is 198 g/mol. The fourth-order valence-electron chi connectivity index (χ4n) is 2.16. The molecule has 0 radical (unpaired) electrons. The van der Waals surface area contributed by atoms with Crippen molar-refractivity contribution < 1.29 is 4.79 Å². The highest BCUT2D eigenvalue weighted by Crippen LogP contribution is 2.33. The molecule has 1 aliphatic rings. The molecule has 0 aliphatic heterocycles. The van der Waals surface area contributed by atoms with E-state index in [-0.39, 0.29) is 5.78 Å². The first-order valence-corrected chi connectivity index (χ1v) is 5.61. The zero-order valence-electron chi connectivity index (χ0n) is 9.86. The van der Waals surface area contributed by atoms with Gasteiger partial charge in [0, 0.05) is 30.1 Å². The summed E-state index contributed by atoms with van der Waals surface area (Å²) < 4.78 is 2.04. The number of Topliss-reactive ketones (excluding diaryl/α,β-unsaturated/α-hetero) is 1. The Kier molecular flexibility index (Phi) is 2.82. The predicted octanol–water partition coefficient (Wildman–Crippen LogP) is 3.27. The summed E-state index contributed by atoms with van der Waals surface area (Å²) >= 11 is 0. The van der Waals surface area contributed by atoms with Crippen LogP contribution in [-0.4, -0.2) is 10.4 Å². The van der Waals surface area contributed by atoms with Gasteiger partial charge in [-0.3, -0.25) is 4.79 Å². The van der Waals surface area contributed by atoms with Gasteiger partial charge in [0.05, 0.1) is 0 Å². The maximum atomic E-state index is 11.9. The first-order chi connectivity index (χ1) is 7.59. The number of hydrogen-bond acceptors (Lipinski definition) is 1. The van der Waals surface area contributed by atoms with E-state index < -0.39 is 0 Å². The van der Waals surface area contributed by atoms with Crippen LogP contribution in [0.1, 0.15) is 26.7 Å². The smallest absolute Gasteiger partial charge is 0.160 e. The second kappa shape index (κ2) is 4.12. The molecule has 0 saturated heterocycles. The first-order valence-electron chi connectivity index (χ1n) is 5.61. The number of aromatic nitrogens is 1. The Morgan fingerprint density at radius 1 is 1.38 bits per heavy atom. The maximum absolute atomic E-state index is 11.9. The maximum Gasteiger partial charge on any atom is 0.160 e. The van der Waals surface area contributed by atoms with Crippen LogP contribution in [0.25, 0.3) is 5.70 Å². The monoisotopic (exact) mass is 215 g/mol. The van der Waals surface area contributed by atoms with Crippen LogP contribution in [0.4, 0.5) is 0 Å². The zero-order chi connectivity index (χ0) is 11.7. The van der Waals surface area contributed by atoms with E-state index in [9.17, 15) is 4.79 Å². The molecule has 1 atom stereocenters. The molecule has 1 unspecified atom stereocenters. The fourth-order valence-corrected chi connectivity index (χ4v) is 2.16. The van der Waals surface area contributed by atoms with Gasteiger partial charge in [0.1, 0.15) is 0 Å². The number of allylic oxidation sites excluding steroid dienone is 3. The van der Waals surface area contributed by atoms with Crippen LogP contribution >= 0.6 is 0 Å². The van der Waals surface area contributed by atoms with Gasteiger partial charge in [-0.05, 0) is 38.3 Å². The molecule has 0 aromatic carbocycles. The average molecular weight is 215 g/mol. The van der Waals surface area contributed by atoms with E-state index >= 15 is 0 Å². The molecule has 0 spiro atoms. The van der Waals surface area contributed by atoms with Crippen LogP contribution < -0.4 is 0 Å². The highest BCUT2D eigenvalue weighted by Gasteiger charge is 2.25. The lowest BCUT2D eigenvalue weighted by molar-refractivity contribution is -0.116. The van der Waals surface area contributed by atoms with E-state index in [2.05, 4.69) is 6.58 Å². The van der Waals surface area contributed by atoms with E-state index in [1.807, 2.05) is 42.9 Å². The molecule has 1 aliphatic carbocycles. The Labute approximate surface area is 96.3 Å². The summed E-state index contributed by atoms with van der Waals surface area (Å²) in [5, 5.41) is 0. The number of nitrogens with zero attached hydrogens (tertiary/aromatic N) is 1. The van der Waals surface area contributed by atoms with Crippen molar-refractivity contribution in [1.29, 1.82) is 0 Å². The van der Waals surface area contributed by atoms with E-state index in [1.54, 1.807) is 0 Å². The van der Waals surface area contributed by atoms with Crippen LogP contribution in [0, 0.1) is 5.92 Å². The molecule has 84 valence electrons. The molecule has 0 fully saturated rings. The second-order valence-corrected chi connectivity index (χ2v) is 4.54. The fraction of sp³-hybridized carbons (Fsp3) is 0.357. The molecule has 0 saturated carbocycles. The van der Waals surface area contributed by atoms with Gasteiger partial charge in [0.15, 0.2) is 5.78 Å². The Bertz CT molecular complexity index is 451. The minimum Gasteiger partial charge on any atom is -0.327 e. The van der Waals surface area contributed by atoms with Gasteiger partial charge in [0.25, 0.3) is 0 Å². The number of carbonyl (C=O) groups excluding carboxylic acids is 1. The molecule has 0 amide bonds. The van der Waals surface area contributed by atoms with Gasteiger partial charge in [-0.1, -0.05) is 12.2 Å². The summed E-state index contributed by atoms with van der Waals surface area (Å²) in [7, 11) is 0. The third-order valence-corrected chi connectivity index (χ3v) is 3.34. The van der Waals surface area contributed by atoms with Crippen molar-refractivity contribution in [3.05, 3.63) is 42.3 Å². The summed E-state index contributed by atoms with van der Waals surface area (Å²) in [4.78, 5) is 11.9. The van der Waals surface area contributed by atoms with E-state index in [4.69, 9.17) is 0 Å². The molecule has 1 heterocycles. The Morgan fingerprint density at radius 3 is 2.56 bits per heavy atom. The van der Waals surface area contributed by atoms with Gasteiger partial charge in [-0.15, -0.1) is 0 Å². The number of rotatable bonds is 2. The van der Waals surface area contributed by atoms with Crippen LogP contribution in [-0.2, 0) is 4.79 Å². The Morgan fingerprint density at radius 2 is 2.00 bits per heavy atom. The predicted molar refractivity (Wildman–Crippen MR) is 65.9 cm³/mol. The molecule has 0 bridgehead atoms. The minimum absolute atomic E-state index is 0.253. The van der Waals surface area contributed by atoms with Crippen molar-refractivity contribution in [2.75, 3.05) is 0 Å². The molecule has 1 aromatic rings. The lowest BCUT2D eigenvalue weighted by Gasteiger charge is -2.26. The third kappa shape index (κ3) is 1.87. The second-order valence-electron chi connectivity index (χ2n) is 4.54. The highest BCUT2D eigenvalue weighted by molar-refractivity contribution is 6.01. The Hall–Kier alpha value is -1.57. The van der Waals surface area contributed by atoms with Crippen molar-refractivity contribution in [2.24, 2.45) is 5.92 Å². The van der Waals surface area contributed by atoms with Crippen LogP contribution in [0.15, 0.2) is 42.3 Å². The zero-order valence-corrected chi connectivity index (χ0v) is 9.86. The topological polar surface area (TPSA) is 22.0 Å². The highest BCUT2D eigenvalue weighted by atomic mass is 16.1. The number of carbonyl (C=O) groups is 1. The largest absolute Gasteiger partial charge is 0.327 e. The molecular formula is C14H17NO. The van der Waals surface area contributed by atoms with E-state index in [0.29, 0.717) is 12.3 Å². The normalized spacial score (nSPS) is 21.4. The van der Waals surface area contributed by atoms with Crippen molar-refractivity contribution in [1.82, 2.24) is 4.57 Å². The summed E-state index contributed by atoms with van der Waals surface area (Å²) in [6.45, 7) is 7.90. The molecule has 16 heavy (non-hydrogen) atoms. The van der Waals surface area contributed by atoms with Crippen LogP contribution in [0.3, 0.4) is 0 Å². The number of hydrogen-bond donors (Lipinski definition) is 0. The van der Waals surface area contributed by atoms with Crippen LogP contribution in [0.5, 0.6) is 0 Å². The minimum atomic E-state index is 0.253. The summed E-state index contributed by atoms with van der Waals surface area (Å²) in [6, 6.07) is 3.96.